The van der Waals surface area contributed by atoms with E-state index in [-0.39, 0.29) is 18.0 Å². The summed E-state index contributed by atoms with van der Waals surface area (Å²) >= 11 is 0. The molecule has 0 radical (unpaired) electrons. The third kappa shape index (κ3) is 4.27. The maximum absolute atomic E-state index is 13.6. The maximum atomic E-state index is 13.6. The van der Waals surface area contributed by atoms with E-state index in [4.69, 9.17) is 0 Å². The van der Waals surface area contributed by atoms with E-state index < -0.39 is 11.7 Å². The molecule has 9 heteroatoms. The fourth-order valence-electron chi connectivity index (χ4n) is 4.86. The number of hydrogen-bond acceptors (Lipinski definition) is 5. The zero-order valence-electron chi connectivity index (χ0n) is 17.7. The molecule has 170 valence electrons. The third-order valence-electron chi connectivity index (χ3n) is 6.41. The maximum Gasteiger partial charge on any atom is 0.417 e. The second-order valence-corrected chi connectivity index (χ2v) is 8.50. The summed E-state index contributed by atoms with van der Waals surface area (Å²) in [5.41, 5.74) is 0.931. The first-order valence-electron chi connectivity index (χ1n) is 10.9. The molecule has 3 fully saturated rings. The molecule has 1 aliphatic carbocycles. The average molecular weight is 453 g/mol. The van der Waals surface area contributed by atoms with Crippen molar-refractivity contribution in [2.24, 2.45) is 5.92 Å². The molecule has 6 rings (SSSR count). The van der Waals surface area contributed by atoms with Crippen LogP contribution in [0.4, 0.5) is 19.0 Å². The summed E-state index contributed by atoms with van der Waals surface area (Å²) in [6, 6.07) is 11.3. The molecule has 3 aliphatic rings. The number of rotatable bonds is 4. The molecule has 1 amide bonds. The lowest BCUT2D eigenvalue weighted by Crippen LogP contribution is -2.60. The number of carbonyl (C=O) groups excluding carboxylic acids is 1. The van der Waals surface area contributed by atoms with Crippen molar-refractivity contribution in [2.75, 3.05) is 11.9 Å². The fraction of sp³-hybridized carbons (Fsp3) is 0.333. The Balaban J connectivity index is 1.38. The number of aromatic nitrogens is 3. The van der Waals surface area contributed by atoms with Gasteiger partial charge in [-0.25, -0.2) is 4.98 Å². The van der Waals surface area contributed by atoms with Crippen molar-refractivity contribution in [3.63, 3.8) is 0 Å². The standard InChI is InChI=1S/C24H22F3N5O/c25-24(26,27)16-7-9-21(30-13-16)31-19-12-15-6-8-20(19)32(14-15)23(33)22-17(4-3-11-29-22)18-5-1-2-10-28-18/h1-5,7,9-11,13,15,19-20H,6,8,12,14H2,(H,30,31). The van der Waals surface area contributed by atoms with Gasteiger partial charge in [-0.15, -0.1) is 0 Å². The van der Waals surface area contributed by atoms with Gasteiger partial charge in [0.25, 0.3) is 5.91 Å². The Morgan fingerprint density at radius 2 is 1.85 bits per heavy atom. The van der Waals surface area contributed by atoms with Crippen molar-refractivity contribution in [2.45, 2.75) is 37.5 Å². The second kappa shape index (κ2) is 8.46. The zero-order chi connectivity index (χ0) is 23.0. The molecule has 3 aromatic heterocycles. The number of carbonyl (C=O) groups is 1. The quantitative estimate of drug-likeness (QED) is 0.622. The molecule has 33 heavy (non-hydrogen) atoms. The summed E-state index contributed by atoms with van der Waals surface area (Å²) in [5.74, 6) is 0.533. The first-order valence-corrected chi connectivity index (χ1v) is 10.9. The summed E-state index contributed by atoms with van der Waals surface area (Å²) in [4.78, 5) is 28.2. The van der Waals surface area contributed by atoms with Gasteiger partial charge in [-0.3, -0.25) is 14.8 Å². The molecule has 3 atom stereocenters. The topological polar surface area (TPSA) is 71.0 Å². The number of hydrogen-bond donors (Lipinski definition) is 1. The van der Waals surface area contributed by atoms with Crippen LogP contribution in [0.15, 0.2) is 61.1 Å². The Labute approximate surface area is 188 Å². The highest BCUT2D eigenvalue weighted by Crippen LogP contribution is 2.38. The normalized spacial score (nSPS) is 22.3. The molecule has 3 aromatic rings. The van der Waals surface area contributed by atoms with Crippen LogP contribution >= 0.6 is 0 Å². The first kappa shape index (κ1) is 21.4. The van der Waals surface area contributed by atoms with Crippen LogP contribution < -0.4 is 5.32 Å². The molecule has 2 saturated heterocycles. The first-order chi connectivity index (χ1) is 15.9. The Bertz CT molecular complexity index is 1140. The molecule has 1 saturated carbocycles. The van der Waals surface area contributed by atoms with Crippen LogP contribution in [0, 0.1) is 5.92 Å². The Hall–Kier alpha value is -3.49. The molecule has 2 aliphatic heterocycles. The number of nitrogens with zero attached hydrogens (tertiary/aromatic N) is 4. The highest BCUT2D eigenvalue weighted by atomic mass is 19.4. The van der Waals surface area contributed by atoms with Crippen LogP contribution in [-0.2, 0) is 6.18 Å². The van der Waals surface area contributed by atoms with Crippen molar-refractivity contribution >= 4 is 11.7 Å². The van der Waals surface area contributed by atoms with Crippen LogP contribution in [0.2, 0.25) is 0 Å². The van der Waals surface area contributed by atoms with E-state index in [1.54, 1.807) is 18.5 Å². The summed E-state index contributed by atoms with van der Waals surface area (Å²) < 4.78 is 38.5. The lowest BCUT2D eigenvalue weighted by molar-refractivity contribution is -0.137. The van der Waals surface area contributed by atoms with Gasteiger partial charge in [-0.1, -0.05) is 6.07 Å². The lowest BCUT2D eigenvalue weighted by Gasteiger charge is -2.50. The number of halogens is 3. The van der Waals surface area contributed by atoms with Crippen LogP contribution in [-0.4, -0.2) is 44.4 Å². The number of fused-ring (bicyclic) bond motifs is 3. The van der Waals surface area contributed by atoms with Crippen molar-refractivity contribution in [1.82, 2.24) is 19.9 Å². The number of nitrogens with one attached hydrogen (secondary N) is 1. The molecule has 0 spiro atoms. The molecule has 6 nitrogen and oxygen atoms in total. The van der Waals surface area contributed by atoms with Gasteiger partial charge in [0.1, 0.15) is 11.5 Å². The van der Waals surface area contributed by atoms with Gasteiger partial charge in [-0.2, -0.15) is 13.2 Å². The number of alkyl halides is 3. The Kier molecular flexibility index (Phi) is 5.47. The molecular formula is C24H22F3N5O. The summed E-state index contributed by atoms with van der Waals surface area (Å²) in [6.07, 6.45) is 2.36. The number of anilines is 1. The van der Waals surface area contributed by atoms with Gasteiger partial charge in [0.15, 0.2) is 0 Å². The zero-order valence-corrected chi connectivity index (χ0v) is 17.7. The van der Waals surface area contributed by atoms with Gasteiger partial charge in [0, 0.05) is 36.7 Å². The SMILES string of the molecule is O=C(c1ncccc1-c1ccccn1)N1CC2CCC1C(Nc1ccc(C(F)(F)F)cn1)C2. The largest absolute Gasteiger partial charge is 0.417 e. The fourth-order valence-corrected chi connectivity index (χ4v) is 4.86. The van der Waals surface area contributed by atoms with E-state index in [0.29, 0.717) is 35.2 Å². The highest BCUT2D eigenvalue weighted by Gasteiger charge is 2.44. The summed E-state index contributed by atoms with van der Waals surface area (Å²) in [7, 11) is 0. The molecule has 0 aromatic carbocycles. The molecular weight excluding hydrogens is 431 g/mol. The Morgan fingerprint density at radius 3 is 2.55 bits per heavy atom. The van der Waals surface area contributed by atoms with Crippen molar-refractivity contribution < 1.29 is 18.0 Å². The van der Waals surface area contributed by atoms with Gasteiger partial charge in [-0.05, 0) is 61.6 Å². The molecule has 5 heterocycles. The predicted octanol–water partition coefficient (Wildman–Crippen LogP) is 4.66. The molecule has 3 unspecified atom stereocenters. The number of piperidine rings is 2. The summed E-state index contributed by atoms with van der Waals surface area (Å²) in [5, 5.41) is 3.27. The van der Waals surface area contributed by atoms with E-state index in [2.05, 4.69) is 20.3 Å². The van der Waals surface area contributed by atoms with Crippen LogP contribution in [0.5, 0.6) is 0 Å². The van der Waals surface area contributed by atoms with Crippen LogP contribution in [0.3, 0.4) is 0 Å². The summed E-state index contributed by atoms with van der Waals surface area (Å²) in [6.45, 7) is 0.639. The Morgan fingerprint density at radius 1 is 1.00 bits per heavy atom. The minimum atomic E-state index is -4.42. The van der Waals surface area contributed by atoms with E-state index in [0.717, 1.165) is 31.5 Å². The highest BCUT2D eigenvalue weighted by molar-refractivity contribution is 5.98. The smallest absolute Gasteiger partial charge is 0.365 e. The minimum absolute atomic E-state index is 0.0901. The lowest BCUT2D eigenvalue weighted by atomic mass is 9.76. The number of pyridine rings is 3. The van der Waals surface area contributed by atoms with E-state index in [1.807, 2.05) is 29.2 Å². The number of amides is 1. The van der Waals surface area contributed by atoms with Gasteiger partial charge in [0.05, 0.1) is 17.3 Å². The third-order valence-corrected chi connectivity index (χ3v) is 6.41. The van der Waals surface area contributed by atoms with E-state index in [1.165, 1.54) is 6.07 Å². The van der Waals surface area contributed by atoms with Gasteiger partial charge in [0.2, 0.25) is 0 Å². The van der Waals surface area contributed by atoms with Crippen LogP contribution in [0.25, 0.3) is 11.3 Å². The van der Waals surface area contributed by atoms with Crippen LogP contribution in [0.1, 0.15) is 35.3 Å². The monoisotopic (exact) mass is 453 g/mol. The minimum Gasteiger partial charge on any atom is -0.365 e. The van der Waals surface area contributed by atoms with Crippen molar-refractivity contribution in [3.8, 4) is 11.3 Å². The van der Waals surface area contributed by atoms with Crippen molar-refractivity contribution in [1.29, 1.82) is 0 Å². The molecule has 2 bridgehead atoms. The van der Waals surface area contributed by atoms with Crippen molar-refractivity contribution in [3.05, 3.63) is 72.3 Å². The van der Waals surface area contributed by atoms with E-state index in [9.17, 15) is 18.0 Å². The second-order valence-electron chi connectivity index (χ2n) is 8.50. The molecule has 1 N–H and O–H groups in total. The van der Waals surface area contributed by atoms with E-state index >= 15 is 0 Å². The van der Waals surface area contributed by atoms with Gasteiger partial charge < -0.3 is 10.2 Å². The predicted molar refractivity (Wildman–Crippen MR) is 116 cm³/mol. The average Bonchev–Trinajstić information content (AvgIpc) is 2.84. The van der Waals surface area contributed by atoms with Gasteiger partial charge >= 0.3 is 6.18 Å².